The summed E-state index contributed by atoms with van der Waals surface area (Å²) in [5.74, 6) is 1.97. The third kappa shape index (κ3) is 4.85. The van der Waals surface area contributed by atoms with Crippen LogP contribution in [-0.2, 0) is 0 Å². The minimum absolute atomic E-state index is 0.653. The van der Waals surface area contributed by atoms with E-state index in [0.717, 1.165) is 32.8 Å². The van der Waals surface area contributed by atoms with Crippen LogP contribution in [0, 0.1) is 0 Å². The van der Waals surface area contributed by atoms with Crippen LogP contribution in [0.3, 0.4) is 0 Å². The van der Waals surface area contributed by atoms with Crippen LogP contribution in [0.2, 0.25) is 0 Å². The fourth-order valence-electron chi connectivity index (χ4n) is 6.99. The van der Waals surface area contributed by atoms with Crippen molar-refractivity contribution < 1.29 is 0 Å². The van der Waals surface area contributed by atoms with Gasteiger partial charge < -0.3 is 0 Å². The molecule has 3 nitrogen and oxygen atoms in total. The fourth-order valence-corrected chi connectivity index (χ4v) is 8.07. The van der Waals surface area contributed by atoms with Crippen LogP contribution in [0.4, 0.5) is 0 Å². The van der Waals surface area contributed by atoms with Crippen LogP contribution in [0.15, 0.2) is 164 Å². The number of aromatic nitrogens is 3. The fraction of sp³-hybridized carbons (Fsp3) is 0. The summed E-state index contributed by atoms with van der Waals surface area (Å²) < 4.78 is 2.63. The third-order valence-corrected chi connectivity index (χ3v) is 10.6. The van der Waals surface area contributed by atoms with Crippen molar-refractivity contribution in [3.8, 4) is 45.3 Å². The van der Waals surface area contributed by atoms with Gasteiger partial charge in [0.2, 0.25) is 0 Å². The van der Waals surface area contributed by atoms with E-state index in [-0.39, 0.29) is 0 Å². The molecule has 0 unspecified atom stereocenters. The lowest BCUT2D eigenvalue weighted by atomic mass is 9.96. The van der Waals surface area contributed by atoms with Gasteiger partial charge in [-0.1, -0.05) is 127 Å². The standard InChI is InChI=1S/C45H27N3S/c1-3-10-30-24-34(18-16-28(30)8-1)43-46-44(35-19-17-29-9-2-4-11-31(29)25-35)48-45(47-43)36-20-22-38-32(26-36)12-7-14-37(38)33-21-23-42-40(27-33)39-13-5-6-15-41(39)49-42/h1-27H. The zero-order valence-electron chi connectivity index (χ0n) is 26.3. The van der Waals surface area contributed by atoms with Crippen LogP contribution in [0.25, 0.3) is 97.8 Å². The largest absolute Gasteiger partial charge is 0.208 e. The summed E-state index contributed by atoms with van der Waals surface area (Å²) in [6.07, 6.45) is 0. The molecule has 4 heteroatoms. The minimum atomic E-state index is 0.653. The molecule has 0 aliphatic carbocycles. The monoisotopic (exact) mass is 641 g/mol. The van der Waals surface area contributed by atoms with Gasteiger partial charge in [-0.25, -0.2) is 15.0 Å². The highest BCUT2D eigenvalue weighted by molar-refractivity contribution is 7.25. The Kier molecular flexibility index (Phi) is 6.36. The number of nitrogens with zero attached hydrogens (tertiary/aromatic N) is 3. The third-order valence-electron chi connectivity index (χ3n) is 9.48. The molecule has 49 heavy (non-hydrogen) atoms. The van der Waals surface area contributed by atoms with Gasteiger partial charge in [0.25, 0.3) is 0 Å². The van der Waals surface area contributed by atoms with E-state index in [0.29, 0.717) is 17.5 Å². The van der Waals surface area contributed by atoms with Gasteiger partial charge in [-0.3, -0.25) is 0 Å². The number of benzene rings is 8. The van der Waals surface area contributed by atoms with E-state index in [2.05, 4.69) is 164 Å². The molecular formula is C45H27N3S. The number of fused-ring (bicyclic) bond motifs is 6. The van der Waals surface area contributed by atoms with Gasteiger partial charge in [-0.2, -0.15) is 0 Å². The lowest BCUT2D eigenvalue weighted by molar-refractivity contribution is 1.08. The highest BCUT2D eigenvalue weighted by Crippen LogP contribution is 2.38. The lowest BCUT2D eigenvalue weighted by Crippen LogP contribution is -2.00. The zero-order valence-corrected chi connectivity index (χ0v) is 27.2. The minimum Gasteiger partial charge on any atom is -0.208 e. The van der Waals surface area contributed by atoms with Gasteiger partial charge >= 0.3 is 0 Å². The second-order valence-electron chi connectivity index (χ2n) is 12.5. The van der Waals surface area contributed by atoms with Crippen LogP contribution < -0.4 is 0 Å². The van der Waals surface area contributed by atoms with Crippen LogP contribution in [0.5, 0.6) is 0 Å². The molecule has 0 atom stereocenters. The molecule has 0 fully saturated rings. The Morgan fingerprint density at radius 1 is 0.306 bits per heavy atom. The predicted octanol–water partition coefficient (Wildman–Crippen LogP) is 12.4. The quantitative estimate of drug-likeness (QED) is 0.192. The van der Waals surface area contributed by atoms with E-state index in [1.54, 1.807) is 0 Å². The lowest BCUT2D eigenvalue weighted by Gasteiger charge is -2.12. The Labute approximate surface area is 286 Å². The van der Waals surface area contributed by atoms with Crippen molar-refractivity contribution in [1.29, 1.82) is 0 Å². The summed E-state index contributed by atoms with van der Waals surface area (Å²) in [5.41, 5.74) is 5.31. The molecule has 8 aromatic carbocycles. The van der Waals surface area contributed by atoms with Crippen molar-refractivity contribution in [3.63, 3.8) is 0 Å². The van der Waals surface area contributed by atoms with Crippen molar-refractivity contribution in [2.75, 3.05) is 0 Å². The summed E-state index contributed by atoms with van der Waals surface area (Å²) >= 11 is 1.85. The summed E-state index contributed by atoms with van der Waals surface area (Å²) in [5, 5.41) is 9.64. The maximum Gasteiger partial charge on any atom is 0.164 e. The Bertz CT molecular complexity index is 2810. The molecule has 0 saturated carbocycles. The summed E-state index contributed by atoms with van der Waals surface area (Å²) in [7, 11) is 0. The summed E-state index contributed by atoms with van der Waals surface area (Å²) in [4.78, 5) is 15.2. The number of rotatable bonds is 4. The predicted molar refractivity (Wildman–Crippen MR) is 207 cm³/mol. The van der Waals surface area contributed by atoms with Gasteiger partial charge in [-0.15, -0.1) is 11.3 Å². The van der Waals surface area contributed by atoms with E-state index in [9.17, 15) is 0 Å². The molecule has 0 radical (unpaired) electrons. The number of thiophene rings is 1. The number of hydrogen-bond donors (Lipinski definition) is 0. The number of hydrogen-bond acceptors (Lipinski definition) is 4. The van der Waals surface area contributed by atoms with Crippen molar-refractivity contribution in [2.24, 2.45) is 0 Å². The topological polar surface area (TPSA) is 38.7 Å². The van der Waals surface area contributed by atoms with E-state index < -0.39 is 0 Å². The molecule has 10 aromatic rings. The highest BCUT2D eigenvalue weighted by atomic mass is 32.1. The average molecular weight is 642 g/mol. The Hall–Kier alpha value is -6.23. The molecule has 0 aliphatic rings. The first-order valence-corrected chi connectivity index (χ1v) is 17.2. The summed E-state index contributed by atoms with van der Waals surface area (Å²) in [6.45, 7) is 0. The van der Waals surface area contributed by atoms with Gasteiger partial charge in [0.15, 0.2) is 17.5 Å². The maximum absolute atomic E-state index is 5.09. The van der Waals surface area contributed by atoms with E-state index in [1.807, 2.05) is 11.3 Å². The van der Waals surface area contributed by atoms with Crippen LogP contribution in [0.1, 0.15) is 0 Å². The molecule has 0 aliphatic heterocycles. The van der Waals surface area contributed by atoms with Crippen molar-refractivity contribution >= 4 is 63.8 Å². The molecule has 2 aromatic heterocycles. The van der Waals surface area contributed by atoms with Crippen molar-refractivity contribution in [1.82, 2.24) is 15.0 Å². The first-order chi connectivity index (χ1) is 24.2. The average Bonchev–Trinajstić information content (AvgIpc) is 3.55. The van der Waals surface area contributed by atoms with E-state index in [1.165, 1.54) is 47.5 Å². The van der Waals surface area contributed by atoms with E-state index >= 15 is 0 Å². The molecule has 0 amide bonds. The maximum atomic E-state index is 5.09. The molecule has 10 rings (SSSR count). The molecule has 2 heterocycles. The zero-order chi connectivity index (χ0) is 32.3. The Morgan fingerprint density at radius 2 is 0.816 bits per heavy atom. The smallest absolute Gasteiger partial charge is 0.164 e. The van der Waals surface area contributed by atoms with Gasteiger partial charge in [-0.05, 0) is 79.8 Å². The van der Waals surface area contributed by atoms with Gasteiger partial charge in [0.1, 0.15) is 0 Å². The highest BCUT2D eigenvalue weighted by Gasteiger charge is 2.15. The normalized spacial score (nSPS) is 11.7. The van der Waals surface area contributed by atoms with Gasteiger partial charge in [0, 0.05) is 36.9 Å². The molecular weight excluding hydrogens is 615 g/mol. The van der Waals surface area contributed by atoms with Gasteiger partial charge in [0.05, 0.1) is 0 Å². The first-order valence-electron chi connectivity index (χ1n) is 16.4. The Morgan fingerprint density at radius 3 is 1.49 bits per heavy atom. The molecule has 0 spiro atoms. The van der Waals surface area contributed by atoms with Crippen molar-refractivity contribution in [3.05, 3.63) is 164 Å². The van der Waals surface area contributed by atoms with E-state index in [4.69, 9.17) is 15.0 Å². The molecule has 228 valence electrons. The summed E-state index contributed by atoms with van der Waals surface area (Å²) in [6, 6.07) is 58.2. The Balaban J connectivity index is 1.12. The molecule has 0 bridgehead atoms. The van der Waals surface area contributed by atoms with Crippen molar-refractivity contribution in [2.45, 2.75) is 0 Å². The first kappa shape index (κ1) is 27.8. The second-order valence-corrected chi connectivity index (χ2v) is 13.6. The second kappa shape index (κ2) is 11.2. The van der Waals surface area contributed by atoms with Crippen LogP contribution >= 0.6 is 11.3 Å². The molecule has 0 N–H and O–H groups in total. The van der Waals surface area contributed by atoms with Crippen LogP contribution in [-0.4, -0.2) is 15.0 Å². The molecule has 0 saturated heterocycles. The SMILES string of the molecule is c1ccc2cc(-c3nc(-c4ccc5ccccc5c4)nc(-c4ccc5c(-c6ccc7sc8ccccc8c7c6)cccc5c4)n3)ccc2c1.